The van der Waals surface area contributed by atoms with Crippen molar-refractivity contribution in [2.24, 2.45) is 11.3 Å². The van der Waals surface area contributed by atoms with Gasteiger partial charge in [0, 0.05) is 6.54 Å². The van der Waals surface area contributed by atoms with Crippen LogP contribution in [0.1, 0.15) is 26.7 Å². The lowest BCUT2D eigenvalue weighted by Gasteiger charge is -2.20. The van der Waals surface area contributed by atoms with Crippen LogP contribution in [0.25, 0.3) is 0 Å². The topological polar surface area (TPSA) is 68.1 Å². The predicted octanol–water partition coefficient (Wildman–Crippen LogP) is 2.84. The molecular formula is C12H17N3O2. The van der Waals surface area contributed by atoms with Crippen molar-refractivity contribution in [1.82, 2.24) is 4.98 Å². The van der Waals surface area contributed by atoms with Gasteiger partial charge >= 0.3 is 5.82 Å². The van der Waals surface area contributed by atoms with Crippen LogP contribution in [-0.2, 0) is 0 Å². The zero-order valence-electron chi connectivity index (χ0n) is 10.1. The molecule has 17 heavy (non-hydrogen) atoms. The Morgan fingerprint density at radius 1 is 1.59 bits per heavy atom. The number of hydrogen-bond donors (Lipinski definition) is 1. The fraction of sp³-hybridized carbons (Fsp3) is 0.583. The van der Waals surface area contributed by atoms with E-state index in [1.54, 1.807) is 12.1 Å². The third kappa shape index (κ3) is 2.38. The average Bonchev–Trinajstić information content (AvgIpc) is 3.07. The molecule has 1 saturated carbocycles. The molecule has 1 fully saturated rings. The molecule has 1 aromatic heterocycles. The summed E-state index contributed by atoms with van der Waals surface area (Å²) in [6.07, 6.45) is 3.84. The number of pyridine rings is 1. The Balaban J connectivity index is 2.07. The molecule has 5 heteroatoms. The maximum Gasteiger partial charge on any atom is 0.386 e. The third-order valence-electron chi connectivity index (χ3n) is 3.71. The third-order valence-corrected chi connectivity index (χ3v) is 3.71. The molecule has 1 aromatic rings. The highest BCUT2D eigenvalue weighted by Gasteiger charge is 2.45. The lowest BCUT2D eigenvalue weighted by molar-refractivity contribution is -0.388. The van der Waals surface area contributed by atoms with E-state index < -0.39 is 4.92 Å². The summed E-state index contributed by atoms with van der Waals surface area (Å²) in [5, 5.41) is 14.0. The molecule has 0 aliphatic heterocycles. The van der Waals surface area contributed by atoms with Gasteiger partial charge in [0.05, 0.1) is 0 Å². The van der Waals surface area contributed by atoms with Gasteiger partial charge in [-0.15, -0.1) is 0 Å². The van der Waals surface area contributed by atoms with Crippen molar-refractivity contribution < 1.29 is 4.92 Å². The summed E-state index contributed by atoms with van der Waals surface area (Å²) in [6.45, 7) is 5.19. The summed E-state index contributed by atoms with van der Waals surface area (Å²) in [5.41, 5.74) is 0.841. The highest BCUT2D eigenvalue weighted by molar-refractivity contribution is 5.56. The Kier molecular flexibility index (Phi) is 3.00. The van der Waals surface area contributed by atoms with Gasteiger partial charge in [0.2, 0.25) is 0 Å². The molecule has 0 spiro atoms. The van der Waals surface area contributed by atoms with Crippen LogP contribution in [-0.4, -0.2) is 16.5 Å². The normalized spacial score (nSPS) is 16.9. The minimum absolute atomic E-state index is 0.0907. The second-order valence-electron chi connectivity index (χ2n) is 5.00. The van der Waals surface area contributed by atoms with Crippen LogP contribution in [0.3, 0.4) is 0 Å². The van der Waals surface area contributed by atoms with E-state index in [4.69, 9.17) is 0 Å². The van der Waals surface area contributed by atoms with Crippen LogP contribution >= 0.6 is 0 Å². The van der Waals surface area contributed by atoms with Crippen LogP contribution in [0.15, 0.2) is 18.3 Å². The molecule has 92 valence electrons. The minimum atomic E-state index is -0.447. The first-order valence-electron chi connectivity index (χ1n) is 5.88. The van der Waals surface area contributed by atoms with Gasteiger partial charge in [0.1, 0.15) is 11.9 Å². The molecule has 1 N–H and O–H groups in total. The van der Waals surface area contributed by atoms with Gasteiger partial charge in [-0.25, -0.2) is 0 Å². The number of rotatable bonds is 5. The summed E-state index contributed by atoms with van der Waals surface area (Å²) >= 11 is 0. The molecule has 1 aliphatic carbocycles. The van der Waals surface area contributed by atoms with Crippen molar-refractivity contribution in [3.63, 3.8) is 0 Å². The van der Waals surface area contributed by atoms with Gasteiger partial charge in [-0.05, 0) is 46.2 Å². The predicted molar refractivity (Wildman–Crippen MR) is 65.9 cm³/mol. The van der Waals surface area contributed by atoms with E-state index in [-0.39, 0.29) is 5.82 Å². The van der Waals surface area contributed by atoms with Crippen molar-refractivity contribution in [1.29, 1.82) is 0 Å². The van der Waals surface area contributed by atoms with Crippen molar-refractivity contribution in [3.8, 4) is 0 Å². The van der Waals surface area contributed by atoms with Crippen molar-refractivity contribution >= 4 is 11.5 Å². The minimum Gasteiger partial charge on any atom is -0.378 e. The summed E-state index contributed by atoms with van der Waals surface area (Å²) in [7, 11) is 0. The summed E-state index contributed by atoms with van der Waals surface area (Å²) < 4.78 is 0. The molecule has 2 rings (SSSR count). The fourth-order valence-corrected chi connectivity index (χ4v) is 2.07. The number of aromatic nitrogens is 1. The lowest BCUT2D eigenvalue weighted by Crippen LogP contribution is -2.21. The van der Waals surface area contributed by atoms with E-state index in [2.05, 4.69) is 24.1 Å². The second kappa shape index (κ2) is 4.31. The lowest BCUT2D eigenvalue weighted by atomic mass is 9.92. The highest BCUT2D eigenvalue weighted by Crippen LogP contribution is 2.51. The van der Waals surface area contributed by atoms with Crippen molar-refractivity contribution in [3.05, 3.63) is 28.4 Å². The van der Waals surface area contributed by atoms with Gasteiger partial charge in [0.15, 0.2) is 0 Å². The number of hydrogen-bond acceptors (Lipinski definition) is 4. The van der Waals surface area contributed by atoms with E-state index in [1.807, 2.05) is 0 Å². The van der Waals surface area contributed by atoms with E-state index in [0.717, 1.165) is 6.54 Å². The van der Waals surface area contributed by atoms with Crippen LogP contribution < -0.4 is 5.32 Å². The molecular weight excluding hydrogens is 218 g/mol. The largest absolute Gasteiger partial charge is 0.386 e. The molecule has 0 atom stereocenters. The molecule has 0 saturated heterocycles. The second-order valence-corrected chi connectivity index (χ2v) is 5.00. The SMILES string of the molecule is CC(C)C1(CNc2cccnc2[N+](=O)[O-])CC1. The Bertz CT molecular complexity index is 428. The van der Waals surface area contributed by atoms with Gasteiger partial charge in [-0.1, -0.05) is 13.8 Å². The van der Waals surface area contributed by atoms with Crippen LogP contribution in [0.4, 0.5) is 11.5 Å². The monoisotopic (exact) mass is 235 g/mol. The van der Waals surface area contributed by atoms with Crippen LogP contribution in [0.5, 0.6) is 0 Å². The van der Waals surface area contributed by atoms with E-state index in [1.165, 1.54) is 19.0 Å². The molecule has 1 aliphatic rings. The van der Waals surface area contributed by atoms with Gasteiger partial charge < -0.3 is 15.4 Å². The Morgan fingerprint density at radius 2 is 2.29 bits per heavy atom. The number of nitro groups is 1. The molecule has 0 radical (unpaired) electrons. The first-order chi connectivity index (χ1) is 8.05. The molecule has 5 nitrogen and oxygen atoms in total. The Labute approximate surface area is 100 Å². The summed E-state index contributed by atoms with van der Waals surface area (Å²) in [4.78, 5) is 14.1. The van der Waals surface area contributed by atoms with Gasteiger partial charge in [-0.3, -0.25) is 0 Å². The fourth-order valence-electron chi connectivity index (χ4n) is 2.07. The summed E-state index contributed by atoms with van der Waals surface area (Å²) in [5.74, 6) is 0.512. The molecule has 0 bridgehead atoms. The smallest absolute Gasteiger partial charge is 0.378 e. The number of nitrogens with zero attached hydrogens (tertiary/aromatic N) is 2. The number of anilines is 1. The van der Waals surface area contributed by atoms with Crippen LogP contribution in [0.2, 0.25) is 0 Å². The Hall–Kier alpha value is -1.65. The van der Waals surface area contributed by atoms with Gasteiger partial charge in [0.25, 0.3) is 0 Å². The van der Waals surface area contributed by atoms with E-state index in [9.17, 15) is 10.1 Å². The molecule has 0 amide bonds. The molecule has 1 heterocycles. The Morgan fingerprint density at radius 3 is 2.82 bits per heavy atom. The first-order valence-corrected chi connectivity index (χ1v) is 5.88. The quantitative estimate of drug-likeness (QED) is 0.629. The highest BCUT2D eigenvalue weighted by atomic mass is 16.6. The first kappa shape index (κ1) is 11.8. The maximum atomic E-state index is 10.8. The zero-order chi connectivity index (χ0) is 12.5. The van der Waals surface area contributed by atoms with Crippen molar-refractivity contribution in [2.75, 3.05) is 11.9 Å². The van der Waals surface area contributed by atoms with Crippen molar-refractivity contribution in [2.45, 2.75) is 26.7 Å². The molecule has 0 aromatic carbocycles. The molecule has 0 unspecified atom stereocenters. The maximum absolute atomic E-state index is 10.8. The number of nitrogens with one attached hydrogen (secondary N) is 1. The van der Waals surface area contributed by atoms with Gasteiger partial charge in [-0.2, -0.15) is 0 Å². The van der Waals surface area contributed by atoms with Crippen LogP contribution in [0, 0.1) is 21.4 Å². The average molecular weight is 235 g/mol. The standard InChI is InChI=1S/C12H17N3O2/c1-9(2)12(5-6-12)8-14-10-4-3-7-13-11(10)15(16)17/h3-4,7,9,14H,5-6,8H2,1-2H3. The van der Waals surface area contributed by atoms with E-state index >= 15 is 0 Å². The zero-order valence-corrected chi connectivity index (χ0v) is 10.1. The van der Waals surface area contributed by atoms with E-state index in [0.29, 0.717) is 17.0 Å². The summed E-state index contributed by atoms with van der Waals surface area (Å²) in [6, 6.07) is 3.42.